The Bertz CT molecular complexity index is 1520. The number of piperazine rings is 1. The molecule has 1 aliphatic carbocycles. The van der Waals surface area contributed by atoms with Gasteiger partial charge in [0.2, 0.25) is 5.91 Å². The van der Waals surface area contributed by atoms with Gasteiger partial charge in [0.25, 0.3) is 0 Å². The van der Waals surface area contributed by atoms with Crippen LogP contribution >= 0.6 is 0 Å². The number of nitrogens with zero attached hydrogens (tertiary/aromatic N) is 7. The van der Waals surface area contributed by atoms with E-state index in [1.165, 1.54) is 29.0 Å². The molecule has 9 nitrogen and oxygen atoms in total. The number of ether oxygens (including phenoxy) is 1. The van der Waals surface area contributed by atoms with Gasteiger partial charge in [-0.1, -0.05) is 43.0 Å². The van der Waals surface area contributed by atoms with Gasteiger partial charge in [-0.2, -0.15) is 15.2 Å². The molecule has 0 N–H and O–H groups in total. The van der Waals surface area contributed by atoms with Gasteiger partial charge in [-0.05, 0) is 57.3 Å². The van der Waals surface area contributed by atoms with Crippen LogP contribution in [0.3, 0.4) is 0 Å². The maximum Gasteiger partial charge on any atom is 0.318 e. The van der Waals surface area contributed by atoms with Gasteiger partial charge >= 0.3 is 6.01 Å². The smallest absolute Gasteiger partial charge is 0.318 e. The minimum Gasteiger partial charge on any atom is -0.461 e. The summed E-state index contributed by atoms with van der Waals surface area (Å²) in [6, 6.07) is 17.4. The standard InChI is InChI=1S/C33H39N7O2/c1-4-30(41)40-20-19-39(21-25(40)13-17-34)31-27-14-18-38(29-12-7-10-24-9-5-6-11-26(24)29)22-28(27)35-32(36-31)42-23-33(37(2)3)15-8-16-33/h4-7,9-12,25H,1,8,13-16,18-23H2,2-3H3. The van der Waals surface area contributed by atoms with E-state index < -0.39 is 0 Å². The van der Waals surface area contributed by atoms with Crippen molar-refractivity contribution < 1.29 is 9.53 Å². The first kappa shape index (κ1) is 28.0. The van der Waals surface area contributed by atoms with Gasteiger partial charge in [0.15, 0.2) is 0 Å². The van der Waals surface area contributed by atoms with E-state index in [1.54, 1.807) is 4.90 Å². The van der Waals surface area contributed by atoms with Gasteiger partial charge in [-0.3, -0.25) is 4.79 Å². The van der Waals surface area contributed by atoms with E-state index >= 15 is 0 Å². The monoisotopic (exact) mass is 565 g/mol. The SMILES string of the molecule is C=CC(=O)N1CCN(c2nc(OCC3(N(C)C)CCC3)nc3c2CCN(c2cccc4ccccc24)C3)CC1CC#N. The topological polar surface area (TPSA) is 88.8 Å². The molecule has 6 rings (SSSR count). The van der Waals surface area contributed by atoms with Gasteiger partial charge in [-0.25, -0.2) is 0 Å². The molecule has 3 aromatic rings. The molecule has 1 amide bonds. The summed E-state index contributed by atoms with van der Waals surface area (Å²) in [5.74, 6) is 0.734. The van der Waals surface area contributed by atoms with Crippen molar-refractivity contribution >= 4 is 28.2 Å². The van der Waals surface area contributed by atoms with Crippen molar-refractivity contribution in [1.29, 1.82) is 5.26 Å². The molecular formula is C33H39N7O2. The summed E-state index contributed by atoms with van der Waals surface area (Å²) in [6.07, 6.45) is 5.79. The Hall–Kier alpha value is -4.16. The maximum absolute atomic E-state index is 12.5. The predicted molar refractivity (Wildman–Crippen MR) is 165 cm³/mol. The maximum atomic E-state index is 12.5. The lowest BCUT2D eigenvalue weighted by atomic mass is 9.76. The van der Waals surface area contributed by atoms with E-state index in [1.807, 2.05) is 0 Å². The molecule has 1 aromatic heterocycles. The van der Waals surface area contributed by atoms with Crippen LogP contribution < -0.4 is 14.5 Å². The molecule has 42 heavy (non-hydrogen) atoms. The number of hydrogen-bond donors (Lipinski definition) is 0. The average Bonchev–Trinajstić information content (AvgIpc) is 2.99. The molecule has 1 saturated carbocycles. The zero-order valence-corrected chi connectivity index (χ0v) is 24.6. The van der Waals surface area contributed by atoms with E-state index in [9.17, 15) is 10.1 Å². The second kappa shape index (κ2) is 11.6. The quantitative estimate of drug-likeness (QED) is 0.376. The second-order valence-electron chi connectivity index (χ2n) is 11.9. The molecular weight excluding hydrogens is 526 g/mol. The molecule has 9 heteroatoms. The minimum absolute atomic E-state index is 0.0168. The molecule has 1 saturated heterocycles. The number of benzene rings is 2. The van der Waals surface area contributed by atoms with Crippen molar-refractivity contribution in [2.75, 3.05) is 56.7 Å². The third-order valence-corrected chi connectivity index (χ3v) is 9.40. The van der Waals surface area contributed by atoms with Crippen LogP contribution in [0.2, 0.25) is 0 Å². The number of hydrogen-bond acceptors (Lipinski definition) is 8. The first-order chi connectivity index (χ1) is 20.4. The highest BCUT2D eigenvalue weighted by molar-refractivity contribution is 5.94. The molecule has 0 spiro atoms. The largest absolute Gasteiger partial charge is 0.461 e. The predicted octanol–water partition coefficient (Wildman–Crippen LogP) is 4.17. The van der Waals surface area contributed by atoms with E-state index in [-0.39, 0.29) is 23.9 Å². The fraction of sp³-hybridized carbons (Fsp3) is 0.455. The summed E-state index contributed by atoms with van der Waals surface area (Å²) in [5, 5.41) is 12.0. The van der Waals surface area contributed by atoms with Crippen molar-refractivity contribution in [2.24, 2.45) is 0 Å². The van der Waals surface area contributed by atoms with Crippen LogP contribution in [-0.2, 0) is 17.8 Å². The van der Waals surface area contributed by atoms with E-state index in [4.69, 9.17) is 14.7 Å². The summed E-state index contributed by atoms with van der Waals surface area (Å²) in [7, 11) is 4.23. The van der Waals surface area contributed by atoms with Crippen molar-refractivity contribution in [2.45, 2.75) is 50.2 Å². The Balaban J connectivity index is 1.34. The second-order valence-corrected chi connectivity index (χ2v) is 11.9. The summed E-state index contributed by atoms with van der Waals surface area (Å²) in [5.41, 5.74) is 3.32. The third-order valence-electron chi connectivity index (χ3n) is 9.40. The summed E-state index contributed by atoms with van der Waals surface area (Å²) < 4.78 is 6.40. The molecule has 1 atom stereocenters. The number of aromatic nitrogens is 2. The Morgan fingerprint density at radius 2 is 1.95 bits per heavy atom. The zero-order chi connectivity index (χ0) is 29.3. The average molecular weight is 566 g/mol. The van der Waals surface area contributed by atoms with Crippen LogP contribution in [-0.4, -0.2) is 84.1 Å². The number of nitriles is 1. The number of carbonyl (C=O) groups excluding carboxylic acids is 1. The summed E-state index contributed by atoms with van der Waals surface area (Å²) in [4.78, 5) is 31.2. The Labute approximate surface area is 248 Å². The Morgan fingerprint density at radius 3 is 2.69 bits per heavy atom. The van der Waals surface area contributed by atoms with Crippen LogP contribution in [0.5, 0.6) is 6.01 Å². The fourth-order valence-electron chi connectivity index (χ4n) is 6.64. The number of amides is 1. The van der Waals surface area contributed by atoms with Crippen molar-refractivity contribution in [3.63, 3.8) is 0 Å². The number of rotatable bonds is 8. The lowest BCUT2D eigenvalue weighted by Gasteiger charge is -2.46. The van der Waals surface area contributed by atoms with Crippen molar-refractivity contribution in [1.82, 2.24) is 19.8 Å². The van der Waals surface area contributed by atoms with Crippen molar-refractivity contribution in [3.8, 4) is 12.1 Å². The molecule has 3 aliphatic rings. The van der Waals surface area contributed by atoms with E-state index in [0.717, 1.165) is 42.9 Å². The molecule has 2 aromatic carbocycles. The first-order valence-corrected chi connectivity index (χ1v) is 14.9. The molecule has 2 aliphatic heterocycles. The normalized spacial score (nSPS) is 19.7. The highest BCUT2D eigenvalue weighted by Gasteiger charge is 2.40. The third kappa shape index (κ3) is 5.16. The Kier molecular flexibility index (Phi) is 7.74. The number of likely N-dealkylation sites (N-methyl/N-ethyl adjacent to an activating group) is 1. The van der Waals surface area contributed by atoms with Crippen LogP contribution in [0.4, 0.5) is 11.5 Å². The van der Waals surface area contributed by atoms with Crippen LogP contribution in [0.15, 0.2) is 55.1 Å². The lowest BCUT2D eigenvalue weighted by molar-refractivity contribution is -0.128. The molecule has 0 radical (unpaired) electrons. The fourth-order valence-corrected chi connectivity index (χ4v) is 6.64. The van der Waals surface area contributed by atoms with Crippen LogP contribution in [0, 0.1) is 11.3 Å². The lowest BCUT2D eigenvalue weighted by Crippen LogP contribution is -2.55. The number of anilines is 2. The highest BCUT2D eigenvalue weighted by atomic mass is 16.5. The van der Waals surface area contributed by atoms with E-state index in [2.05, 4.69) is 83.9 Å². The molecule has 0 bridgehead atoms. The summed E-state index contributed by atoms with van der Waals surface area (Å²) in [6.45, 7) is 7.38. The van der Waals surface area contributed by atoms with Gasteiger partial charge in [0.05, 0.1) is 36.3 Å². The van der Waals surface area contributed by atoms with Gasteiger partial charge in [0.1, 0.15) is 12.4 Å². The van der Waals surface area contributed by atoms with Gasteiger partial charge in [0, 0.05) is 42.8 Å². The van der Waals surface area contributed by atoms with E-state index in [0.29, 0.717) is 38.8 Å². The van der Waals surface area contributed by atoms with Crippen LogP contribution in [0.1, 0.15) is 36.9 Å². The zero-order valence-electron chi connectivity index (χ0n) is 24.6. The number of carbonyl (C=O) groups is 1. The number of fused-ring (bicyclic) bond motifs is 2. The molecule has 3 heterocycles. The van der Waals surface area contributed by atoms with Crippen molar-refractivity contribution in [3.05, 3.63) is 66.4 Å². The summed E-state index contributed by atoms with van der Waals surface area (Å²) >= 11 is 0. The molecule has 1 unspecified atom stereocenters. The molecule has 218 valence electrons. The first-order valence-electron chi connectivity index (χ1n) is 14.9. The molecule has 2 fully saturated rings. The minimum atomic E-state index is -0.230. The van der Waals surface area contributed by atoms with Gasteiger partial charge < -0.3 is 24.3 Å². The van der Waals surface area contributed by atoms with Gasteiger partial charge in [-0.15, -0.1) is 0 Å². The van der Waals surface area contributed by atoms with Crippen LogP contribution in [0.25, 0.3) is 10.8 Å². The Morgan fingerprint density at radius 1 is 1.14 bits per heavy atom. The highest BCUT2D eigenvalue weighted by Crippen LogP contribution is 2.38.